The van der Waals surface area contributed by atoms with Gasteiger partial charge in [-0.15, -0.1) is 0 Å². The summed E-state index contributed by atoms with van der Waals surface area (Å²) in [7, 11) is 0. The zero-order valence-electron chi connectivity index (χ0n) is 24.4. The number of thiol groups is 1. The molecule has 0 bridgehead atoms. The van der Waals surface area contributed by atoms with Crippen molar-refractivity contribution in [2.24, 2.45) is 17.8 Å². The van der Waals surface area contributed by atoms with Crippen LogP contribution >= 0.6 is 0 Å². The third-order valence-corrected chi connectivity index (χ3v) is 7.91. The number of anilines is 1. The van der Waals surface area contributed by atoms with E-state index in [9.17, 15) is 9.59 Å². The number of nitrogens with zero attached hydrogens (tertiary/aromatic N) is 3. The number of pyridine rings is 1. The molecule has 2 heterocycles. The Labute approximate surface area is 240 Å². The van der Waals surface area contributed by atoms with Gasteiger partial charge in [0.1, 0.15) is 29.9 Å². The summed E-state index contributed by atoms with van der Waals surface area (Å²) in [6, 6.07) is 2.44. The van der Waals surface area contributed by atoms with Gasteiger partial charge in [-0.05, 0) is 101 Å². The number of aryl methyl sites for hydroxylation is 1. The number of carbonyl (C=O) groups excluding carboxylic acids is 2. The van der Waals surface area contributed by atoms with Crippen LogP contribution in [0.3, 0.4) is 0 Å². The van der Waals surface area contributed by atoms with E-state index in [0.717, 1.165) is 37.1 Å². The van der Waals surface area contributed by atoms with Crippen LogP contribution in [-0.4, -0.2) is 57.0 Å². The first kappa shape index (κ1) is 30.3. The van der Waals surface area contributed by atoms with Crippen LogP contribution in [0.4, 0.5) is 15.0 Å². The maximum absolute atomic E-state index is 15.5. The molecule has 9 nitrogen and oxygen atoms in total. The molecule has 2 aliphatic carbocycles. The second-order valence-electron chi connectivity index (χ2n) is 11.7. The highest BCUT2D eigenvalue weighted by Crippen LogP contribution is 2.51. The quantitative estimate of drug-likeness (QED) is 0.156. The van der Waals surface area contributed by atoms with E-state index < -0.39 is 29.6 Å². The minimum atomic E-state index is -0.779. The molecule has 2 fully saturated rings. The van der Waals surface area contributed by atoms with Gasteiger partial charge in [0.15, 0.2) is 0 Å². The van der Waals surface area contributed by atoms with Crippen LogP contribution in [0.2, 0.25) is 0 Å². The van der Waals surface area contributed by atoms with E-state index in [0.29, 0.717) is 48.4 Å². The van der Waals surface area contributed by atoms with Crippen LogP contribution < -0.4 is 10.6 Å². The lowest BCUT2D eigenvalue weighted by Gasteiger charge is -2.29. The van der Waals surface area contributed by atoms with E-state index in [-0.39, 0.29) is 11.7 Å². The Hall–Kier alpha value is -2.66. The summed E-state index contributed by atoms with van der Waals surface area (Å²) in [6.45, 7) is 10.1. The van der Waals surface area contributed by atoms with Crippen molar-refractivity contribution in [1.82, 2.24) is 20.1 Å². The number of halogens is 1. The number of nitrogens with one attached hydrogen (secondary N) is 2. The second kappa shape index (κ2) is 12.9. The number of ether oxygens (including phenoxy) is 2. The van der Waals surface area contributed by atoms with Gasteiger partial charge in [0.05, 0.1) is 18.6 Å². The second-order valence-corrected chi connectivity index (χ2v) is 12.8. The van der Waals surface area contributed by atoms with Gasteiger partial charge in [-0.1, -0.05) is 6.92 Å². The highest BCUT2D eigenvalue weighted by atomic mass is 32.2. The number of amides is 2. The number of hydrogen-bond acceptors (Lipinski definition) is 6. The molecule has 2 N–H and O–H groups in total. The van der Waals surface area contributed by atoms with Crippen molar-refractivity contribution in [3.05, 3.63) is 29.5 Å². The van der Waals surface area contributed by atoms with Crippen LogP contribution in [0, 0.1) is 30.6 Å². The molecule has 2 aliphatic rings. The minimum Gasteiger partial charge on any atom is -0.444 e. The molecule has 2 aromatic rings. The first-order chi connectivity index (χ1) is 19.0. The van der Waals surface area contributed by atoms with Crippen molar-refractivity contribution in [2.75, 3.05) is 23.9 Å². The lowest BCUT2D eigenvalue weighted by molar-refractivity contribution is -0.120. The maximum Gasteiger partial charge on any atom is 0.408 e. The van der Waals surface area contributed by atoms with Gasteiger partial charge >= 0.3 is 6.09 Å². The summed E-state index contributed by atoms with van der Waals surface area (Å²) in [6.07, 6.45) is 6.25. The summed E-state index contributed by atoms with van der Waals surface area (Å²) >= 11 is 1.27. The molecule has 0 saturated heterocycles. The highest BCUT2D eigenvalue weighted by molar-refractivity contribution is 7.77. The molecule has 2 aromatic heterocycles. The van der Waals surface area contributed by atoms with Crippen LogP contribution in [-0.2, 0) is 39.2 Å². The van der Waals surface area contributed by atoms with Gasteiger partial charge in [-0.25, -0.2) is 14.5 Å². The van der Waals surface area contributed by atoms with Crippen molar-refractivity contribution < 1.29 is 23.5 Å². The van der Waals surface area contributed by atoms with E-state index >= 15 is 4.39 Å². The molecule has 0 spiro atoms. The third kappa shape index (κ3) is 7.75. The van der Waals surface area contributed by atoms with Gasteiger partial charge < -0.3 is 20.1 Å². The van der Waals surface area contributed by atoms with Crippen molar-refractivity contribution in [1.29, 1.82) is 0 Å². The van der Waals surface area contributed by atoms with Crippen molar-refractivity contribution in [3.8, 4) is 11.1 Å². The van der Waals surface area contributed by atoms with E-state index in [1.165, 1.54) is 11.8 Å². The molecule has 4 rings (SSSR count). The number of aromatic nitrogens is 3. The number of hydrogen-bond donors (Lipinski definition) is 2. The molecule has 0 aliphatic heterocycles. The average Bonchev–Trinajstić information content (AvgIpc) is 3.80. The zero-order valence-corrected chi connectivity index (χ0v) is 25.3. The molecular weight excluding hydrogens is 533 g/mol. The first-order valence-electron chi connectivity index (χ1n) is 14.2. The van der Waals surface area contributed by atoms with Crippen LogP contribution in [0.15, 0.2) is 12.1 Å². The zero-order chi connectivity index (χ0) is 29.0. The van der Waals surface area contributed by atoms with Crippen LogP contribution in [0.5, 0.6) is 0 Å². The van der Waals surface area contributed by atoms with Gasteiger partial charge in [0.2, 0.25) is 11.9 Å². The minimum absolute atomic E-state index is 0.0244. The molecular formula is C29H43FN5O4S+. The summed E-state index contributed by atoms with van der Waals surface area (Å²) in [5.41, 5.74) is 1.87. The van der Waals surface area contributed by atoms with E-state index in [1.807, 2.05) is 13.8 Å². The summed E-state index contributed by atoms with van der Waals surface area (Å²) in [5.74, 6) is 0.741. The van der Waals surface area contributed by atoms with Gasteiger partial charge in [0.25, 0.3) is 0 Å². The molecule has 2 saturated carbocycles. The fraction of sp³-hybridized carbons (Fsp3) is 0.655. The summed E-state index contributed by atoms with van der Waals surface area (Å²) in [5, 5.41) is 10.2. The largest absolute Gasteiger partial charge is 0.444 e. The fourth-order valence-corrected chi connectivity index (χ4v) is 5.62. The molecule has 2 amide bonds. The van der Waals surface area contributed by atoms with Crippen molar-refractivity contribution in [2.45, 2.75) is 85.1 Å². The maximum atomic E-state index is 15.5. The van der Waals surface area contributed by atoms with E-state index in [1.54, 1.807) is 37.6 Å². The molecule has 220 valence electrons. The lowest BCUT2D eigenvalue weighted by atomic mass is 9.89. The normalized spacial score (nSPS) is 16.2. The fourth-order valence-electron chi connectivity index (χ4n) is 5.31. The number of rotatable bonds is 13. The Balaban J connectivity index is 1.52. The van der Waals surface area contributed by atoms with E-state index in [4.69, 9.17) is 9.47 Å². The number of alkyl carbamates (subject to hydrolysis) is 1. The highest BCUT2D eigenvalue weighted by Gasteiger charge is 2.48. The third-order valence-electron chi connectivity index (χ3n) is 7.28. The van der Waals surface area contributed by atoms with Crippen molar-refractivity contribution in [3.63, 3.8) is 0 Å². The summed E-state index contributed by atoms with van der Waals surface area (Å²) < 4.78 is 28.4. The van der Waals surface area contributed by atoms with Gasteiger partial charge in [0, 0.05) is 16.8 Å². The molecule has 0 unspecified atom stereocenters. The standard InChI is InChI=1S/C29H42FN5O4S/c1-7-21-23(17(2)34-35(21)16-38-14-15-40-6)20-12-13-22(31-26(20)30)32-27(36)25(33-28(37)39-29(3,4)5)24(18-8-9-18)19-10-11-19/h12-13,18-19,24-25H,7-11,14-16H2,1-6H3,(H,33,37)(H,31,32,36)/p+1/t25-/m0/s1. The Morgan fingerprint density at radius 2 is 1.88 bits per heavy atom. The molecule has 1 atom stereocenters. The predicted molar refractivity (Wildman–Crippen MR) is 156 cm³/mol. The molecule has 40 heavy (non-hydrogen) atoms. The Morgan fingerprint density at radius 3 is 2.42 bits per heavy atom. The van der Waals surface area contributed by atoms with E-state index in [2.05, 4.69) is 27.0 Å². The predicted octanol–water partition coefficient (Wildman–Crippen LogP) is 4.64. The topological polar surface area (TPSA) is 107 Å². The Kier molecular flexibility index (Phi) is 9.76. The van der Waals surface area contributed by atoms with Gasteiger partial charge in [-0.3, -0.25) is 4.79 Å². The average molecular weight is 577 g/mol. The van der Waals surface area contributed by atoms with Crippen LogP contribution in [0.25, 0.3) is 11.1 Å². The Bertz CT molecular complexity index is 1190. The van der Waals surface area contributed by atoms with Gasteiger partial charge in [-0.2, -0.15) is 9.49 Å². The Morgan fingerprint density at radius 1 is 1.20 bits per heavy atom. The summed E-state index contributed by atoms with van der Waals surface area (Å²) in [4.78, 5) is 30.3. The molecule has 0 aromatic carbocycles. The van der Waals surface area contributed by atoms with Crippen LogP contribution in [0.1, 0.15) is 64.8 Å². The monoisotopic (exact) mass is 576 g/mol. The SMILES string of the molecule is CCc1c(-c2ccc(NC(=O)[C@@H](NC(=O)OC(C)(C)C)C(C3CC3)C3CC3)nc2F)c(C)nn1COCC[SH+]C. The lowest BCUT2D eigenvalue weighted by Crippen LogP contribution is -2.51. The molecule has 11 heteroatoms. The first-order valence-corrected chi connectivity index (χ1v) is 15.7. The van der Waals surface area contributed by atoms with Crippen molar-refractivity contribution >= 4 is 29.6 Å². The number of carbonyl (C=O) groups is 2. The smallest absolute Gasteiger partial charge is 0.408 e. The molecule has 0 radical (unpaired) electrons.